The van der Waals surface area contributed by atoms with Gasteiger partial charge in [-0.2, -0.15) is 0 Å². The van der Waals surface area contributed by atoms with Crippen molar-refractivity contribution >= 4 is 0 Å². The van der Waals surface area contributed by atoms with Gasteiger partial charge in [0, 0.05) is 47.9 Å². The van der Waals surface area contributed by atoms with Crippen LogP contribution in [0.2, 0.25) is 0 Å². The third-order valence-corrected chi connectivity index (χ3v) is 11.7. The topological polar surface area (TPSA) is 50.7 Å². The lowest BCUT2D eigenvalue weighted by Gasteiger charge is -2.55. The van der Waals surface area contributed by atoms with E-state index in [1.54, 1.807) is 11.1 Å². The summed E-state index contributed by atoms with van der Waals surface area (Å²) in [4.78, 5) is 0. The highest BCUT2D eigenvalue weighted by atomic mass is 16.7. The molecular formula is C40H57NO3. The van der Waals surface area contributed by atoms with Gasteiger partial charge in [-0.3, -0.25) is 0 Å². The molecule has 1 spiro atoms. The van der Waals surface area contributed by atoms with Crippen LogP contribution >= 0.6 is 0 Å². The second kappa shape index (κ2) is 12.6. The molecule has 1 aromatic carbocycles. The molecule has 0 aromatic heterocycles. The van der Waals surface area contributed by atoms with Gasteiger partial charge in [-0.05, 0) is 106 Å². The fraction of sp³-hybridized carbons (Fsp3) is 0.700. The van der Waals surface area contributed by atoms with Gasteiger partial charge in [0.05, 0.1) is 19.3 Å². The minimum atomic E-state index is -0.391. The quantitative estimate of drug-likeness (QED) is 0.254. The Balaban J connectivity index is 1.24. The van der Waals surface area contributed by atoms with E-state index in [1.165, 1.54) is 24.1 Å². The summed E-state index contributed by atoms with van der Waals surface area (Å²) in [5.41, 5.74) is 7.35. The highest BCUT2D eigenvalue weighted by Gasteiger charge is 2.57. The monoisotopic (exact) mass is 599 g/mol. The summed E-state index contributed by atoms with van der Waals surface area (Å²) < 4.78 is 13.0. The summed E-state index contributed by atoms with van der Waals surface area (Å²) >= 11 is 0. The second-order valence-electron chi connectivity index (χ2n) is 16.0. The van der Waals surface area contributed by atoms with Crippen molar-refractivity contribution in [2.45, 2.75) is 136 Å². The van der Waals surface area contributed by atoms with E-state index < -0.39 is 5.79 Å². The molecule has 1 aliphatic heterocycles. The number of allylic oxidation sites excluding steroid dienone is 4. The molecule has 0 bridgehead atoms. The molecule has 1 saturated heterocycles. The van der Waals surface area contributed by atoms with E-state index in [2.05, 4.69) is 89.0 Å². The van der Waals surface area contributed by atoms with Crippen LogP contribution < -0.4 is 5.32 Å². The smallest absolute Gasteiger partial charge is 0.169 e. The zero-order valence-electron chi connectivity index (χ0n) is 28.3. The highest BCUT2D eigenvalue weighted by Crippen LogP contribution is 2.65. The van der Waals surface area contributed by atoms with Crippen molar-refractivity contribution in [3.63, 3.8) is 0 Å². The van der Waals surface area contributed by atoms with Crippen molar-refractivity contribution < 1.29 is 14.6 Å². The molecule has 3 saturated carbocycles. The first-order valence-electron chi connectivity index (χ1n) is 17.8. The van der Waals surface area contributed by atoms with E-state index in [4.69, 9.17) is 9.47 Å². The number of rotatable bonds is 6. The number of aliphatic hydroxyl groups excluding tert-OH is 1. The van der Waals surface area contributed by atoms with Crippen LogP contribution in [0.15, 0.2) is 47.2 Å². The summed E-state index contributed by atoms with van der Waals surface area (Å²) in [5, 5.41) is 14.9. The van der Waals surface area contributed by atoms with Crippen molar-refractivity contribution in [1.29, 1.82) is 0 Å². The Hall–Kier alpha value is -2.06. The molecule has 4 nitrogen and oxygen atoms in total. The Morgan fingerprint density at radius 2 is 1.80 bits per heavy atom. The predicted octanol–water partition coefficient (Wildman–Crippen LogP) is 8.65. The van der Waals surface area contributed by atoms with E-state index in [-0.39, 0.29) is 16.9 Å². The van der Waals surface area contributed by atoms with Gasteiger partial charge >= 0.3 is 0 Å². The number of hydrogen-bond acceptors (Lipinski definition) is 4. The second-order valence-corrected chi connectivity index (χ2v) is 16.0. The first kappa shape index (κ1) is 31.9. The normalized spacial score (nSPS) is 34.2. The van der Waals surface area contributed by atoms with E-state index in [9.17, 15) is 5.11 Å². The number of fused-ring (bicyclic) bond motifs is 4. The summed E-state index contributed by atoms with van der Waals surface area (Å²) in [6, 6.07) is 9.60. The molecule has 4 fully saturated rings. The molecule has 240 valence electrons. The summed E-state index contributed by atoms with van der Waals surface area (Å²) in [7, 11) is 0. The van der Waals surface area contributed by atoms with Crippen molar-refractivity contribution in [3.8, 4) is 11.8 Å². The molecule has 2 N–H and O–H groups in total. The van der Waals surface area contributed by atoms with Crippen LogP contribution in [0.25, 0.3) is 0 Å². The van der Waals surface area contributed by atoms with E-state index in [0.29, 0.717) is 29.7 Å². The number of nitrogens with one attached hydrogen (secondary N) is 1. The zero-order chi connectivity index (χ0) is 31.1. The van der Waals surface area contributed by atoms with Gasteiger partial charge in [0.2, 0.25) is 0 Å². The van der Waals surface area contributed by atoms with Crippen molar-refractivity contribution in [3.05, 3.63) is 58.3 Å². The Bertz CT molecular complexity index is 1300. The van der Waals surface area contributed by atoms with Crippen molar-refractivity contribution in [1.82, 2.24) is 5.32 Å². The Kier molecular flexibility index (Phi) is 9.15. The van der Waals surface area contributed by atoms with Gasteiger partial charge < -0.3 is 19.9 Å². The molecule has 1 aromatic rings. The van der Waals surface area contributed by atoms with Gasteiger partial charge in [-0.25, -0.2) is 0 Å². The number of aliphatic hydroxyl groups is 1. The fourth-order valence-electron chi connectivity index (χ4n) is 9.51. The third kappa shape index (κ3) is 6.31. The SMILES string of the molecule is CC/C=C(/CCC#Cc1ccc(C2CC3(C)C(O)CCC3C3CCC4CC5(CCC4=C23)OCC(C)(C)CO5)cc1)NC(C)C. The lowest BCUT2D eigenvalue weighted by atomic mass is 9.52. The first-order chi connectivity index (χ1) is 21.0. The minimum Gasteiger partial charge on any atom is -0.393 e. The standard InChI is InChI=1S/C40H57NO3/c1-7-10-31(41-27(2)3)12-9-8-11-28-13-15-29(16-14-28)34-24-39(6)35(19-20-36(39)42)33-18-17-30-23-40(22-21-32(30)37(33)34)43-25-38(4,5)26-44-40/h10,13-16,27,30,33-36,41-42H,7,9,12,17-26H2,1-6H3/b31-10-. The zero-order valence-corrected chi connectivity index (χ0v) is 28.3. The largest absolute Gasteiger partial charge is 0.393 e. The maximum absolute atomic E-state index is 11.3. The van der Waals surface area contributed by atoms with Gasteiger partial charge in [0.1, 0.15) is 0 Å². The maximum atomic E-state index is 11.3. The Morgan fingerprint density at radius 3 is 2.50 bits per heavy atom. The van der Waals surface area contributed by atoms with Crippen LogP contribution in [0.4, 0.5) is 0 Å². The Labute approximate surface area is 267 Å². The molecule has 0 radical (unpaired) electrons. The fourth-order valence-corrected chi connectivity index (χ4v) is 9.51. The van der Waals surface area contributed by atoms with E-state index >= 15 is 0 Å². The van der Waals surface area contributed by atoms with Gasteiger partial charge in [-0.1, -0.05) is 68.9 Å². The van der Waals surface area contributed by atoms with Crippen LogP contribution in [0.5, 0.6) is 0 Å². The number of ether oxygens (including phenoxy) is 2. The molecule has 6 atom stereocenters. The van der Waals surface area contributed by atoms with Crippen molar-refractivity contribution in [2.75, 3.05) is 13.2 Å². The maximum Gasteiger partial charge on any atom is 0.169 e. The average molecular weight is 600 g/mol. The van der Waals surface area contributed by atoms with Crippen LogP contribution in [-0.4, -0.2) is 36.3 Å². The van der Waals surface area contributed by atoms with Gasteiger partial charge in [0.15, 0.2) is 5.79 Å². The van der Waals surface area contributed by atoms with E-state index in [0.717, 1.165) is 76.6 Å². The molecule has 44 heavy (non-hydrogen) atoms. The summed E-state index contributed by atoms with van der Waals surface area (Å²) in [6.07, 6.45) is 13.7. The molecule has 4 heteroatoms. The minimum absolute atomic E-state index is 0.00446. The number of hydrogen-bond donors (Lipinski definition) is 2. The molecule has 5 aliphatic rings. The number of benzene rings is 1. The van der Waals surface area contributed by atoms with E-state index in [1.807, 2.05) is 0 Å². The molecule has 4 aliphatic carbocycles. The third-order valence-electron chi connectivity index (χ3n) is 11.7. The highest BCUT2D eigenvalue weighted by molar-refractivity contribution is 5.44. The molecule has 6 unspecified atom stereocenters. The lowest BCUT2D eigenvalue weighted by molar-refractivity contribution is -0.312. The van der Waals surface area contributed by atoms with Crippen LogP contribution in [0.1, 0.15) is 129 Å². The summed E-state index contributed by atoms with van der Waals surface area (Å²) in [6.45, 7) is 15.0. The first-order valence-corrected chi connectivity index (χ1v) is 17.8. The molecule has 6 rings (SSSR count). The Morgan fingerprint density at radius 1 is 1.05 bits per heavy atom. The molecule has 0 amide bonds. The van der Waals surface area contributed by atoms with Gasteiger partial charge in [0.25, 0.3) is 0 Å². The van der Waals surface area contributed by atoms with Gasteiger partial charge in [-0.15, -0.1) is 0 Å². The molecular weight excluding hydrogens is 542 g/mol. The van der Waals surface area contributed by atoms with Crippen LogP contribution in [0.3, 0.4) is 0 Å². The average Bonchev–Trinajstić information content (AvgIpc) is 3.30. The van der Waals surface area contributed by atoms with Crippen LogP contribution in [0, 0.1) is 40.4 Å². The van der Waals surface area contributed by atoms with Crippen LogP contribution in [-0.2, 0) is 9.47 Å². The lowest BCUT2D eigenvalue weighted by Crippen LogP contribution is -2.52. The summed E-state index contributed by atoms with van der Waals surface area (Å²) in [5.74, 6) is 8.58. The molecule has 1 heterocycles. The predicted molar refractivity (Wildman–Crippen MR) is 179 cm³/mol. The van der Waals surface area contributed by atoms with Crippen molar-refractivity contribution in [2.24, 2.45) is 28.6 Å².